The van der Waals surface area contributed by atoms with Crippen molar-refractivity contribution in [1.29, 1.82) is 0 Å². The standard InChI is InChI=1S/C9H16N4/c1-12-5-3-10-7-8(12)9-11-4-6-13(9)2/h4,6,8,10H,3,5,7H2,1-2H3/t8-/m1/s1. The van der Waals surface area contributed by atoms with Gasteiger partial charge in [-0.2, -0.15) is 0 Å². The highest BCUT2D eigenvalue weighted by molar-refractivity contribution is 5.01. The summed E-state index contributed by atoms with van der Waals surface area (Å²) in [5, 5.41) is 3.39. The van der Waals surface area contributed by atoms with E-state index in [1.165, 1.54) is 0 Å². The molecule has 1 aliphatic rings. The number of piperazine rings is 1. The fourth-order valence-electron chi connectivity index (χ4n) is 1.79. The molecule has 4 nitrogen and oxygen atoms in total. The first kappa shape index (κ1) is 8.72. The number of hydrogen-bond acceptors (Lipinski definition) is 3. The van der Waals surface area contributed by atoms with Gasteiger partial charge in [0.05, 0.1) is 6.04 Å². The van der Waals surface area contributed by atoms with E-state index in [9.17, 15) is 0 Å². The molecule has 1 atom stereocenters. The Morgan fingerprint density at radius 3 is 3.00 bits per heavy atom. The molecule has 0 amide bonds. The largest absolute Gasteiger partial charge is 0.337 e. The van der Waals surface area contributed by atoms with E-state index in [0.29, 0.717) is 6.04 Å². The summed E-state index contributed by atoms with van der Waals surface area (Å²) in [5.74, 6) is 1.15. The Kier molecular flexibility index (Phi) is 2.33. The Morgan fingerprint density at radius 1 is 1.54 bits per heavy atom. The van der Waals surface area contributed by atoms with Crippen LogP contribution in [0.5, 0.6) is 0 Å². The molecule has 13 heavy (non-hydrogen) atoms. The first-order chi connectivity index (χ1) is 6.29. The summed E-state index contributed by atoms with van der Waals surface area (Å²) in [7, 11) is 4.20. The van der Waals surface area contributed by atoms with Gasteiger partial charge in [-0.3, -0.25) is 4.90 Å². The van der Waals surface area contributed by atoms with E-state index in [0.717, 1.165) is 25.5 Å². The number of aryl methyl sites for hydroxylation is 1. The average Bonchev–Trinajstić information content (AvgIpc) is 2.52. The normalized spacial score (nSPS) is 24.9. The van der Waals surface area contributed by atoms with Crippen LogP contribution >= 0.6 is 0 Å². The maximum Gasteiger partial charge on any atom is 0.127 e. The SMILES string of the molecule is CN1CCNC[C@@H]1c1nccn1C. The zero-order chi connectivity index (χ0) is 9.26. The topological polar surface area (TPSA) is 33.1 Å². The van der Waals surface area contributed by atoms with Gasteiger partial charge < -0.3 is 9.88 Å². The van der Waals surface area contributed by atoms with Crippen molar-refractivity contribution >= 4 is 0 Å². The Morgan fingerprint density at radius 2 is 2.38 bits per heavy atom. The molecule has 0 unspecified atom stereocenters. The van der Waals surface area contributed by atoms with Crippen LogP contribution in [0.2, 0.25) is 0 Å². The van der Waals surface area contributed by atoms with Crippen molar-refractivity contribution in [2.75, 3.05) is 26.7 Å². The van der Waals surface area contributed by atoms with Gasteiger partial charge in [0.2, 0.25) is 0 Å². The van der Waals surface area contributed by atoms with Crippen LogP contribution in [-0.2, 0) is 7.05 Å². The zero-order valence-electron chi connectivity index (χ0n) is 8.20. The number of rotatable bonds is 1. The summed E-state index contributed by atoms with van der Waals surface area (Å²) >= 11 is 0. The minimum atomic E-state index is 0.425. The highest BCUT2D eigenvalue weighted by Gasteiger charge is 2.23. The molecule has 0 radical (unpaired) electrons. The summed E-state index contributed by atoms with van der Waals surface area (Å²) in [6, 6.07) is 0.425. The summed E-state index contributed by atoms with van der Waals surface area (Å²) in [4.78, 5) is 6.72. The minimum absolute atomic E-state index is 0.425. The number of likely N-dealkylation sites (N-methyl/N-ethyl adjacent to an activating group) is 1. The Hall–Kier alpha value is -0.870. The van der Waals surface area contributed by atoms with Crippen LogP contribution in [-0.4, -0.2) is 41.1 Å². The van der Waals surface area contributed by atoms with Crippen molar-refractivity contribution in [1.82, 2.24) is 19.8 Å². The summed E-state index contributed by atoms with van der Waals surface area (Å²) in [6.45, 7) is 3.18. The zero-order valence-corrected chi connectivity index (χ0v) is 8.20. The second kappa shape index (κ2) is 3.47. The van der Waals surface area contributed by atoms with Gasteiger partial charge in [-0.15, -0.1) is 0 Å². The van der Waals surface area contributed by atoms with Crippen LogP contribution in [0, 0.1) is 0 Å². The molecule has 1 fully saturated rings. The predicted molar refractivity (Wildman–Crippen MR) is 51.4 cm³/mol. The highest BCUT2D eigenvalue weighted by Crippen LogP contribution is 2.17. The van der Waals surface area contributed by atoms with Crippen LogP contribution in [0.15, 0.2) is 12.4 Å². The molecule has 0 saturated carbocycles. The van der Waals surface area contributed by atoms with E-state index in [2.05, 4.69) is 26.8 Å². The molecular formula is C9H16N4. The average molecular weight is 180 g/mol. The molecule has 1 aromatic heterocycles. The molecule has 0 aliphatic carbocycles. The summed E-state index contributed by atoms with van der Waals surface area (Å²) in [6.07, 6.45) is 3.86. The second-order valence-corrected chi connectivity index (χ2v) is 3.60. The van der Waals surface area contributed by atoms with Gasteiger partial charge in [0.25, 0.3) is 0 Å². The van der Waals surface area contributed by atoms with E-state index in [1.807, 2.05) is 19.4 Å². The molecule has 1 N–H and O–H groups in total. The third-order valence-electron chi connectivity index (χ3n) is 2.67. The van der Waals surface area contributed by atoms with Crippen molar-refractivity contribution in [3.05, 3.63) is 18.2 Å². The number of imidazole rings is 1. The maximum absolute atomic E-state index is 4.37. The van der Waals surface area contributed by atoms with Crippen molar-refractivity contribution in [2.24, 2.45) is 7.05 Å². The Bertz CT molecular complexity index is 281. The van der Waals surface area contributed by atoms with Crippen LogP contribution in [0.3, 0.4) is 0 Å². The quantitative estimate of drug-likeness (QED) is 0.660. The highest BCUT2D eigenvalue weighted by atomic mass is 15.2. The van der Waals surface area contributed by atoms with E-state index in [4.69, 9.17) is 0 Å². The van der Waals surface area contributed by atoms with Crippen molar-refractivity contribution in [3.63, 3.8) is 0 Å². The number of hydrogen-bond donors (Lipinski definition) is 1. The summed E-state index contributed by atoms with van der Waals surface area (Å²) in [5.41, 5.74) is 0. The fourth-order valence-corrected chi connectivity index (χ4v) is 1.79. The van der Waals surface area contributed by atoms with Gasteiger partial charge in [0.1, 0.15) is 5.82 Å². The van der Waals surface area contributed by atoms with Crippen LogP contribution < -0.4 is 5.32 Å². The van der Waals surface area contributed by atoms with Gasteiger partial charge in [-0.05, 0) is 7.05 Å². The monoisotopic (exact) mass is 180 g/mol. The van der Waals surface area contributed by atoms with Crippen molar-refractivity contribution < 1.29 is 0 Å². The third-order valence-corrected chi connectivity index (χ3v) is 2.67. The van der Waals surface area contributed by atoms with E-state index < -0.39 is 0 Å². The molecule has 1 aliphatic heterocycles. The van der Waals surface area contributed by atoms with Gasteiger partial charge in [-0.25, -0.2) is 4.98 Å². The predicted octanol–water partition coefficient (Wildman–Crippen LogP) is -0.00380. The van der Waals surface area contributed by atoms with Crippen LogP contribution in [0.4, 0.5) is 0 Å². The number of aromatic nitrogens is 2. The van der Waals surface area contributed by atoms with Gasteiger partial charge in [-0.1, -0.05) is 0 Å². The molecule has 2 heterocycles. The molecule has 72 valence electrons. The molecule has 4 heteroatoms. The maximum atomic E-state index is 4.37. The molecule has 0 bridgehead atoms. The molecular weight excluding hydrogens is 164 g/mol. The lowest BCUT2D eigenvalue weighted by Gasteiger charge is -2.32. The Balaban J connectivity index is 2.19. The Labute approximate surface area is 78.6 Å². The first-order valence-electron chi connectivity index (χ1n) is 4.67. The number of nitrogens with one attached hydrogen (secondary N) is 1. The van der Waals surface area contributed by atoms with Crippen molar-refractivity contribution in [2.45, 2.75) is 6.04 Å². The summed E-state index contributed by atoms with van der Waals surface area (Å²) < 4.78 is 2.09. The molecule has 1 saturated heterocycles. The molecule has 2 rings (SSSR count). The number of nitrogens with zero attached hydrogens (tertiary/aromatic N) is 3. The fraction of sp³-hybridized carbons (Fsp3) is 0.667. The van der Waals surface area contributed by atoms with E-state index in [-0.39, 0.29) is 0 Å². The first-order valence-corrected chi connectivity index (χ1v) is 4.67. The molecule has 0 aromatic carbocycles. The molecule has 1 aromatic rings. The second-order valence-electron chi connectivity index (χ2n) is 3.60. The van der Waals surface area contributed by atoms with Gasteiger partial charge >= 0.3 is 0 Å². The van der Waals surface area contributed by atoms with Gasteiger partial charge in [0, 0.05) is 39.1 Å². The van der Waals surface area contributed by atoms with E-state index >= 15 is 0 Å². The lowest BCUT2D eigenvalue weighted by molar-refractivity contribution is 0.191. The van der Waals surface area contributed by atoms with Crippen LogP contribution in [0.1, 0.15) is 11.9 Å². The smallest absolute Gasteiger partial charge is 0.127 e. The third kappa shape index (κ3) is 1.59. The van der Waals surface area contributed by atoms with E-state index in [1.54, 1.807) is 0 Å². The minimum Gasteiger partial charge on any atom is -0.337 e. The van der Waals surface area contributed by atoms with Crippen LogP contribution in [0.25, 0.3) is 0 Å². The van der Waals surface area contributed by atoms with Crippen molar-refractivity contribution in [3.8, 4) is 0 Å². The van der Waals surface area contributed by atoms with Gasteiger partial charge in [0.15, 0.2) is 0 Å². The lowest BCUT2D eigenvalue weighted by Crippen LogP contribution is -2.44. The molecule has 0 spiro atoms. The lowest BCUT2D eigenvalue weighted by atomic mass is 10.2.